The standard InChI is InChI=1S/C11H17NO/c1-9-6-4-5-7-10(9)11(2,8-13)12-3/h4-7,12-13H,8H2,1-3H3/t11-/m1/s1. The summed E-state index contributed by atoms with van der Waals surface area (Å²) in [4.78, 5) is 0. The second-order valence-corrected chi connectivity index (χ2v) is 3.56. The van der Waals surface area contributed by atoms with Crippen LogP contribution in [0.15, 0.2) is 24.3 Å². The molecule has 0 radical (unpaired) electrons. The van der Waals surface area contributed by atoms with E-state index in [4.69, 9.17) is 0 Å². The first-order valence-electron chi connectivity index (χ1n) is 4.50. The van der Waals surface area contributed by atoms with Crippen LogP contribution in [0.4, 0.5) is 0 Å². The van der Waals surface area contributed by atoms with Gasteiger partial charge in [0.05, 0.1) is 12.1 Å². The van der Waals surface area contributed by atoms with Gasteiger partial charge in [0.1, 0.15) is 0 Å². The minimum absolute atomic E-state index is 0.106. The van der Waals surface area contributed by atoms with Gasteiger partial charge in [0.25, 0.3) is 0 Å². The van der Waals surface area contributed by atoms with Gasteiger partial charge in [-0.1, -0.05) is 24.3 Å². The summed E-state index contributed by atoms with van der Waals surface area (Å²) in [5, 5.41) is 12.4. The van der Waals surface area contributed by atoms with Crippen molar-refractivity contribution < 1.29 is 5.11 Å². The first-order valence-corrected chi connectivity index (χ1v) is 4.50. The molecule has 72 valence electrons. The zero-order chi connectivity index (χ0) is 9.90. The van der Waals surface area contributed by atoms with Gasteiger partial charge >= 0.3 is 0 Å². The highest BCUT2D eigenvalue weighted by Gasteiger charge is 2.24. The lowest BCUT2D eigenvalue weighted by Gasteiger charge is -2.28. The van der Waals surface area contributed by atoms with Gasteiger partial charge in [-0.05, 0) is 32.0 Å². The number of hydrogen-bond donors (Lipinski definition) is 2. The monoisotopic (exact) mass is 179 g/mol. The maximum Gasteiger partial charge on any atom is 0.0652 e. The molecule has 2 nitrogen and oxygen atoms in total. The van der Waals surface area contributed by atoms with E-state index in [1.807, 2.05) is 32.2 Å². The van der Waals surface area contributed by atoms with E-state index >= 15 is 0 Å². The van der Waals surface area contributed by atoms with Crippen LogP contribution in [0.2, 0.25) is 0 Å². The summed E-state index contributed by atoms with van der Waals surface area (Å²) in [5.74, 6) is 0. The average molecular weight is 179 g/mol. The Morgan fingerprint density at radius 2 is 2.00 bits per heavy atom. The molecule has 1 rings (SSSR count). The van der Waals surface area contributed by atoms with Crippen LogP contribution in [0.1, 0.15) is 18.1 Å². The van der Waals surface area contributed by atoms with E-state index in [0.29, 0.717) is 0 Å². The summed E-state index contributed by atoms with van der Waals surface area (Å²) in [7, 11) is 1.86. The van der Waals surface area contributed by atoms with Crippen LogP contribution in [0.5, 0.6) is 0 Å². The molecular weight excluding hydrogens is 162 g/mol. The van der Waals surface area contributed by atoms with E-state index in [1.54, 1.807) is 0 Å². The summed E-state index contributed by atoms with van der Waals surface area (Å²) in [6.07, 6.45) is 0. The lowest BCUT2D eigenvalue weighted by atomic mass is 9.89. The van der Waals surface area contributed by atoms with Gasteiger partial charge in [-0.3, -0.25) is 0 Å². The Morgan fingerprint density at radius 3 is 2.46 bits per heavy atom. The lowest BCUT2D eigenvalue weighted by Crippen LogP contribution is -2.40. The minimum Gasteiger partial charge on any atom is -0.394 e. The Bertz CT molecular complexity index is 279. The van der Waals surface area contributed by atoms with Gasteiger partial charge < -0.3 is 10.4 Å². The molecule has 0 aliphatic carbocycles. The maximum atomic E-state index is 9.30. The molecule has 0 aliphatic rings. The molecule has 13 heavy (non-hydrogen) atoms. The average Bonchev–Trinajstić information content (AvgIpc) is 2.17. The molecule has 2 N–H and O–H groups in total. The van der Waals surface area contributed by atoms with Crippen molar-refractivity contribution in [2.24, 2.45) is 0 Å². The zero-order valence-electron chi connectivity index (χ0n) is 8.46. The second-order valence-electron chi connectivity index (χ2n) is 3.56. The predicted molar refractivity (Wildman–Crippen MR) is 54.7 cm³/mol. The van der Waals surface area contributed by atoms with Crippen LogP contribution in [0.25, 0.3) is 0 Å². The Kier molecular flexibility index (Phi) is 3.07. The summed E-state index contributed by atoms with van der Waals surface area (Å²) >= 11 is 0. The Morgan fingerprint density at radius 1 is 1.38 bits per heavy atom. The molecule has 0 unspecified atom stereocenters. The van der Waals surface area contributed by atoms with Crippen molar-refractivity contribution in [2.75, 3.05) is 13.7 Å². The van der Waals surface area contributed by atoms with Gasteiger partial charge in [0.15, 0.2) is 0 Å². The van der Waals surface area contributed by atoms with Crippen LogP contribution < -0.4 is 5.32 Å². The number of benzene rings is 1. The highest BCUT2D eigenvalue weighted by molar-refractivity contribution is 5.32. The fourth-order valence-corrected chi connectivity index (χ4v) is 1.49. The molecule has 0 heterocycles. The van der Waals surface area contributed by atoms with Crippen LogP contribution in [-0.4, -0.2) is 18.8 Å². The number of likely N-dealkylation sites (N-methyl/N-ethyl adjacent to an activating group) is 1. The molecule has 1 aromatic rings. The molecule has 0 saturated carbocycles. The predicted octanol–water partition coefficient (Wildman–Crippen LogP) is 1.42. The number of aryl methyl sites for hydroxylation is 1. The van der Waals surface area contributed by atoms with Crippen molar-refractivity contribution in [1.82, 2.24) is 5.32 Å². The third kappa shape index (κ3) is 1.90. The molecular formula is C11H17NO. The third-order valence-electron chi connectivity index (χ3n) is 2.61. The smallest absolute Gasteiger partial charge is 0.0652 e. The normalized spacial score (nSPS) is 15.4. The zero-order valence-corrected chi connectivity index (χ0v) is 8.46. The molecule has 0 spiro atoms. The van der Waals surface area contributed by atoms with Gasteiger partial charge in [-0.2, -0.15) is 0 Å². The largest absolute Gasteiger partial charge is 0.394 e. The van der Waals surface area contributed by atoms with Crippen LogP contribution in [0, 0.1) is 6.92 Å². The van der Waals surface area contributed by atoms with Crippen LogP contribution in [-0.2, 0) is 5.54 Å². The fourth-order valence-electron chi connectivity index (χ4n) is 1.49. The molecule has 0 aromatic heterocycles. The Labute approximate surface area is 79.6 Å². The SMILES string of the molecule is CN[C@](C)(CO)c1ccccc1C. The topological polar surface area (TPSA) is 32.3 Å². The summed E-state index contributed by atoms with van der Waals surface area (Å²) in [5.41, 5.74) is 2.03. The number of hydrogen-bond acceptors (Lipinski definition) is 2. The van der Waals surface area contributed by atoms with Crippen molar-refractivity contribution in [2.45, 2.75) is 19.4 Å². The second kappa shape index (κ2) is 3.90. The van der Waals surface area contributed by atoms with Gasteiger partial charge in [-0.25, -0.2) is 0 Å². The number of nitrogens with one attached hydrogen (secondary N) is 1. The Hall–Kier alpha value is -0.860. The number of aliphatic hydroxyl groups excluding tert-OH is 1. The summed E-state index contributed by atoms with van der Waals surface area (Å²) in [6.45, 7) is 4.16. The summed E-state index contributed by atoms with van der Waals surface area (Å²) in [6, 6.07) is 8.10. The fraction of sp³-hybridized carbons (Fsp3) is 0.455. The third-order valence-corrected chi connectivity index (χ3v) is 2.61. The van der Waals surface area contributed by atoms with Crippen LogP contribution in [0.3, 0.4) is 0 Å². The molecule has 0 bridgehead atoms. The number of aliphatic hydroxyl groups is 1. The van der Waals surface area contributed by atoms with E-state index < -0.39 is 0 Å². The molecule has 0 amide bonds. The van der Waals surface area contributed by atoms with Crippen LogP contribution >= 0.6 is 0 Å². The van der Waals surface area contributed by atoms with Crippen molar-refractivity contribution in [3.63, 3.8) is 0 Å². The van der Waals surface area contributed by atoms with E-state index in [-0.39, 0.29) is 12.1 Å². The molecule has 1 atom stereocenters. The first-order chi connectivity index (χ1) is 6.14. The van der Waals surface area contributed by atoms with E-state index in [9.17, 15) is 5.11 Å². The molecule has 0 aliphatic heterocycles. The Balaban J connectivity index is 3.12. The van der Waals surface area contributed by atoms with Crippen molar-refractivity contribution >= 4 is 0 Å². The van der Waals surface area contributed by atoms with Crippen molar-refractivity contribution in [3.8, 4) is 0 Å². The van der Waals surface area contributed by atoms with E-state index in [2.05, 4.69) is 18.3 Å². The van der Waals surface area contributed by atoms with Gasteiger partial charge in [-0.15, -0.1) is 0 Å². The molecule has 1 aromatic carbocycles. The molecule has 0 fully saturated rings. The number of rotatable bonds is 3. The van der Waals surface area contributed by atoms with Gasteiger partial charge in [0, 0.05) is 0 Å². The van der Waals surface area contributed by atoms with Gasteiger partial charge in [0.2, 0.25) is 0 Å². The lowest BCUT2D eigenvalue weighted by molar-refractivity contribution is 0.183. The quantitative estimate of drug-likeness (QED) is 0.735. The highest BCUT2D eigenvalue weighted by Crippen LogP contribution is 2.22. The molecule has 0 saturated heterocycles. The highest BCUT2D eigenvalue weighted by atomic mass is 16.3. The maximum absolute atomic E-state index is 9.30. The van der Waals surface area contributed by atoms with Crippen molar-refractivity contribution in [1.29, 1.82) is 0 Å². The van der Waals surface area contributed by atoms with Crippen molar-refractivity contribution in [3.05, 3.63) is 35.4 Å². The van der Waals surface area contributed by atoms with E-state index in [0.717, 1.165) is 5.56 Å². The van der Waals surface area contributed by atoms with E-state index in [1.165, 1.54) is 5.56 Å². The molecule has 2 heteroatoms. The minimum atomic E-state index is -0.328. The summed E-state index contributed by atoms with van der Waals surface area (Å²) < 4.78 is 0. The first kappa shape index (κ1) is 10.2.